The van der Waals surface area contributed by atoms with Crippen LogP contribution in [0.2, 0.25) is 5.02 Å². The molecular formula is C13H13ClN6S. The van der Waals surface area contributed by atoms with Crippen LogP contribution in [0.15, 0.2) is 39.6 Å². The maximum atomic E-state index is 5.93. The molecule has 0 bridgehead atoms. The lowest BCUT2D eigenvalue weighted by Crippen LogP contribution is -2.21. The summed E-state index contributed by atoms with van der Waals surface area (Å²) in [7, 11) is 0. The number of nitrogens with two attached hydrogens (primary N) is 2. The Morgan fingerprint density at radius 2 is 2.10 bits per heavy atom. The molecule has 6 nitrogen and oxygen atoms in total. The highest BCUT2D eigenvalue weighted by molar-refractivity contribution is 7.99. The van der Waals surface area contributed by atoms with Crippen molar-refractivity contribution in [3.63, 3.8) is 0 Å². The van der Waals surface area contributed by atoms with E-state index in [2.05, 4.69) is 19.8 Å². The van der Waals surface area contributed by atoms with Crippen LogP contribution in [0.3, 0.4) is 0 Å². The molecule has 0 atom stereocenters. The zero-order chi connectivity index (χ0) is 14.8. The van der Waals surface area contributed by atoms with Crippen LogP contribution in [0.4, 0.5) is 0 Å². The van der Waals surface area contributed by atoms with E-state index in [9.17, 15) is 0 Å². The topological polar surface area (TPSA) is 94.6 Å². The molecule has 0 radical (unpaired) electrons. The first-order valence-electron chi connectivity index (χ1n) is 6.26. The summed E-state index contributed by atoms with van der Waals surface area (Å²) in [4.78, 5) is 4.67. The van der Waals surface area contributed by atoms with Gasteiger partial charge >= 0.3 is 0 Å². The van der Waals surface area contributed by atoms with Crippen molar-refractivity contribution in [3.8, 4) is 11.3 Å². The Balaban J connectivity index is 2.06. The third kappa shape index (κ3) is 2.88. The molecule has 3 rings (SSSR count). The molecule has 108 valence electrons. The molecule has 4 N–H and O–H groups in total. The normalized spacial score (nSPS) is 13.6. The van der Waals surface area contributed by atoms with Crippen molar-refractivity contribution in [2.24, 2.45) is 21.7 Å². The van der Waals surface area contributed by atoms with Gasteiger partial charge < -0.3 is 16.0 Å². The van der Waals surface area contributed by atoms with E-state index >= 15 is 0 Å². The second-order valence-corrected chi connectivity index (χ2v) is 5.90. The number of thioether (sulfide) groups is 1. The SMILES string of the molecule is NC(N)=N/N=C/c1c(-c2ccc(Cl)cc2)nc2n1CCS2. The van der Waals surface area contributed by atoms with Gasteiger partial charge in [0.2, 0.25) is 5.96 Å². The molecule has 0 aliphatic carbocycles. The minimum Gasteiger partial charge on any atom is -0.369 e. The van der Waals surface area contributed by atoms with E-state index in [1.165, 1.54) is 0 Å². The average molecular weight is 321 g/mol. The molecule has 1 aromatic carbocycles. The van der Waals surface area contributed by atoms with Gasteiger partial charge in [0.15, 0.2) is 5.16 Å². The molecule has 0 fully saturated rings. The lowest BCUT2D eigenvalue weighted by Gasteiger charge is -2.02. The lowest BCUT2D eigenvalue weighted by molar-refractivity contribution is 0.715. The molecular weight excluding hydrogens is 308 g/mol. The van der Waals surface area contributed by atoms with Gasteiger partial charge in [-0.05, 0) is 12.1 Å². The zero-order valence-corrected chi connectivity index (χ0v) is 12.6. The molecule has 8 heteroatoms. The maximum absolute atomic E-state index is 5.93. The molecule has 21 heavy (non-hydrogen) atoms. The summed E-state index contributed by atoms with van der Waals surface area (Å²) in [5, 5.41) is 9.23. The monoisotopic (exact) mass is 320 g/mol. The largest absolute Gasteiger partial charge is 0.369 e. The first-order valence-corrected chi connectivity index (χ1v) is 7.63. The van der Waals surface area contributed by atoms with E-state index in [0.29, 0.717) is 5.02 Å². The number of rotatable bonds is 3. The highest BCUT2D eigenvalue weighted by Gasteiger charge is 2.21. The molecule has 0 amide bonds. The summed E-state index contributed by atoms with van der Waals surface area (Å²) in [5.74, 6) is 0.932. The Hall–Kier alpha value is -1.99. The molecule has 0 unspecified atom stereocenters. The van der Waals surface area contributed by atoms with Gasteiger partial charge in [0, 0.05) is 22.9 Å². The van der Waals surface area contributed by atoms with E-state index in [1.807, 2.05) is 24.3 Å². The zero-order valence-electron chi connectivity index (χ0n) is 11.0. The van der Waals surface area contributed by atoms with E-state index in [-0.39, 0.29) is 5.96 Å². The maximum Gasteiger partial charge on any atom is 0.211 e. The number of aromatic nitrogens is 2. The molecule has 0 saturated heterocycles. The Morgan fingerprint density at radius 3 is 2.81 bits per heavy atom. The van der Waals surface area contributed by atoms with E-state index < -0.39 is 0 Å². The van der Waals surface area contributed by atoms with Gasteiger partial charge in [-0.2, -0.15) is 5.10 Å². The van der Waals surface area contributed by atoms with Crippen LogP contribution >= 0.6 is 23.4 Å². The van der Waals surface area contributed by atoms with Crippen molar-refractivity contribution >= 4 is 35.5 Å². The summed E-state index contributed by atoms with van der Waals surface area (Å²) >= 11 is 7.65. The van der Waals surface area contributed by atoms with Gasteiger partial charge in [-0.3, -0.25) is 0 Å². The van der Waals surface area contributed by atoms with Crippen molar-refractivity contribution in [2.45, 2.75) is 11.7 Å². The predicted molar refractivity (Wildman–Crippen MR) is 86.8 cm³/mol. The van der Waals surface area contributed by atoms with Crippen LogP contribution < -0.4 is 11.5 Å². The van der Waals surface area contributed by atoms with Crippen LogP contribution in [0, 0.1) is 0 Å². The molecule has 2 heterocycles. The number of hydrogen-bond acceptors (Lipinski definition) is 4. The third-order valence-corrected chi connectivity index (χ3v) is 4.20. The number of imidazole rings is 1. The predicted octanol–water partition coefficient (Wildman–Crippen LogP) is 1.92. The molecule has 0 saturated carbocycles. The average Bonchev–Trinajstić information content (AvgIpc) is 3.01. The molecule has 0 spiro atoms. The van der Waals surface area contributed by atoms with Crippen molar-refractivity contribution < 1.29 is 0 Å². The highest BCUT2D eigenvalue weighted by atomic mass is 35.5. The quantitative estimate of drug-likeness (QED) is 0.513. The van der Waals surface area contributed by atoms with Gasteiger partial charge in [-0.25, -0.2) is 4.98 Å². The van der Waals surface area contributed by atoms with Crippen molar-refractivity contribution in [1.29, 1.82) is 0 Å². The minimum absolute atomic E-state index is 0.0742. The van der Waals surface area contributed by atoms with Crippen LogP contribution in [0.5, 0.6) is 0 Å². The van der Waals surface area contributed by atoms with Crippen molar-refractivity contribution in [2.75, 3.05) is 5.75 Å². The smallest absolute Gasteiger partial charge is 0.211 e. The number of halogens is 1. The Morgan fingerprint density at radius 1 is 1.33 bits per heavy atom. The van der Waals surface area contributed by atoms with E-state index in [1.54, 1.807) is 18.0 Å². The van der Waals surface area contributed by atoms with Gasteiger partial charge in [0.05, 0.1) is 17.6 Å². The lowest BCUT2D eigenvalue weighted by atomic mass is 10.1. The Labute approximate surface area is 130 Å². The van der Waals surface area contributed by atoms with E-state index in [4.69, 9.17) is 23.1 Å². The summed E-state index contributed by atoms with van der Waals surface area (Å²) in [6, 6.07) is 7.54. The number of nitrogens with zero attached hydrogens (tertiary/aromatic N) is 4. The Kier molecular flexibility index (Phi) is 3.85. The molecule has 1 aliphatic rings. The standard InChI is InChI=1S/C13H13ClN6S/c14-9-3-1-8(2-4-9)11-10(7-17-19-12(15)16)20-5-6-21-13(20)18-11/h1-4,7H,5-6H2,(H4,15,16,19)/b17-7+. The third-order valence-electron chi connectivity index (χ3n) is 2.99. The van der Waals surface area contributed by atoms with Gasteiger partial charge in [0.1, 0.15) is 0 Å². The fraction of sp³-hybridized carbons (Fsp3) is 0.154. The number of fused-ring (bicyclic) bond motifs is 1. The number of guanidine groups is 1. The summed E-state index contributed by atoms with van der Waals surface area (Å²) < 4.78 is 2.11. The first kappa shape index (κ1) is 14.0. The molecule has 1 aliphatic heterocycles. The van der Waals surface area contributed by atoms with Gasteiger partial charge in [-0.15, -0.1) is 5.10 Å². The van der Waals surface area contributed by atoms with E-state index in [0.717, 1.165) is 34.4 Å². The fourth-order valence-electron chi connectivity index (χ4n) is 2.10. The highest BCUT2D eigenvalue weighted by Crippen LogP contribution is 2.32. The summed E-state index contributed by atoms with van der Waals surface area (Å²) in [5.41, 5.74) is 13.3. The van der Waals surface area contributed by atoms with Crippen molar-refractivity contribution in [1.82, 2.24) is 9.55 Å². The minimum atomic E-state index is -0.0742. The van der Waals surface area contributed by atoms with Gasteiger partial charge in [-0.1, -0.05) is 35.5 Å². The molecule has 2 aromatic rings. The van der Waals surface area contributed by atoms with Crippen molar-refractivity contribution in [3.05, 3.63) is 35.0 Å². The van der Waals surface area contributed by atoms with Crippen LogP contribution in [-0.2, 0) is 6.54 Å². The second-order valence-electron chi connectivity index (χ2n) is 4.40. The van der Waals surface area contributed by atoms with Crippen LogP contribution in [0.25, 0.3) is 11.3 Å². The first-order chi connectivity index (χ1) is 10.1. The summed E-state index contributed by atoms with van der Waals surface area (Å²) in [6.07, 6.45) is 1.63. The number of hydrogen-bond donors (Lipinski definition) is 2. The van der Waals surface area contributed by atoms with Gasteiger partial charge in [0.25, 0.3) is 0 Å². The van der Waals surface area contributed by atoms with Crippen LogP contribution in [-0.4, -0.2) is 27.5 Å². The number of benzene rings is 1. The van der Waals surface area contributed by atoms with Crippen LogP contribution in [0.1, 0.15) is 5.69 Å². The Bertz CT molecular complexity index is 715. The molecule has 1 aromatic heterocycles. The fourth-order valence-corrected chi connectivity index (χ4v) is 3.18. The second kappa shape index (κ2) is 5.79. The summed E-state index contributed by atoms with van der Waals surface area (Å²) in [6.45, 7) is 0.893.